The van der Waals surface area contributed by atoms with Crippen LogP contribution in [0.25, 0.3) is 0 Å². The van der Waals surface area contributed by atoms with Crippen molar-refractivity contribution in [3.8, 4) is 0 Å². The molecule has 96 valence electrons. The summed E-state index contributed by atoms with van der Waals surface area (Å²) >= 11 is 0. The number of hydrogen-bond donors (Lipinski definition) is 3. The van der Waals surface area contributed by atoms with Gasteiger partial charge in [0.1, 0.15) is 0 Å². The van der Waals surface area contributed by atoms with Crippen LogP contribution in [0.4, 0.5) is 0 Å². The lowest BCUT2D eigenvalue weighted by Crippen LogP contribution is -2.34. The maximum atomic E-state index is 10.6. The van der Waals surface area contributed by atoms with Crippen LogP contribution in [0, 0.1) is 5.92 Å². The first-order valence-electron chi connectivity index (χ1n) is 5.57. The van der Waals surface area contributed by atoms with Gasteiger partial charge in [0.05, 0.1) is 6.54 Å². The zero-order valence-corrected chi connectivity index (χ0v) is 10.0. The Morgan fingerprint density at radius 1 is 1.59 bits per heavy atom. The summed E-state index contributed by atoms with van der Waals surface area (Å²) in [5.41, 5.74) is -0.0925. The number of carboxylic acid groups (broad SMARTS) is 1. The van der Waals surface area contributed by atoms with Gasteiger partial charge < -0.3 is 20.1 Å². The number of aliphatic hydroxyl groups is 1. The molecular formula is C11H18N2O4. The Bertz CT molecular complexity index is 362. The van der Waals surface area contributed by atoms with Gasteiger partial charge in [-0.2, -0.15) is 0 Å². The Balaban J connectivity index is 2.50. The second-order valence-electron chi connectivity index (χ2n) is 4.23. The van der Waals surface area contributed by atoms with Crippen molar-refractivity contribution < 1.29 is 19.5 Å². The van der Waals surface area contributed by atoms with Gasteiger partial charge in [-0.15, -0.1) is 0 Å². The van der Waals surface area contributed by atoms with Crippen LogP contribution in [0.1, 0.15) is 36.5 Å². The molecule has 6 heteroatoms. The molecule has 1 unspecified atom stereocenters. The van der Waals surface area contributed by atoms with Gasteiger partial charge in [0.15, 0.2) is 11.5 Å². The van der Waals surface area contributed by atoms with Gasteiger partial charge in [0.25, 0.3) is 0 Å². The molecule has 0 aliphatic rings. The van der Waals surface area contributed by atoms with E-state index in [1.807, 2.05) is 0 Å². The summed E-state index contributed by atoms with van der Waals surface area (Å²) in [7, 11) is 0. The fraction of sp³-hybridized carbons (Fsp3) is 0.636. The van der Waals surface area contributed by atoms with E-state index in [1.165, 1.54) is 6.07 Å². The number of aromatic carboxylic acids is 1. The van der Waals surface area contributed by atoms with Gasteiger partial charge in [-0.25, -0.2) is 4.79 Å². The minimum absolute atomic E-state index is 0.0925. The Hall–Kier alpha value is -1.40. The molecule has 0 saturated carbocycles. The van der Waals surface area contributed by atoms with E-state index in [0.29, 0.717) is 24.6 Å². The number of nitrogens with one attached hydrogen (secondary N) is 1. The average Bonchev–Trinajstić information content (AvgIpc) is 2.72. The molecule has 1 aromatic rings. The minimum Gasteiger partial charge on any atom is -0.476 e. The summed E-state index contributed by atoms with van der Waals surface area (Å²) in [6.07, 6.45) is 0.650. The van der Waals surface area contributed by atoms with Gasteiger partial charge in [0, 0.05) is 18.7 Å². The highest BCUT2D eigenvalue weighted by molar-refractivity contribution is 5.85. The summed E-state index contributed by atoms with van der Waals surface area (Å²) in [6.45, 7) is 4.63. The highest BCUT2D eigenvalue weighted by atomic mass is 16.5. The maximum Gasteiger partial charge on any atom is 0.358 e. The van der Waals surface area contributed by atoms with Gasteiger partial charge in [0.2, 0.25) is 0 Å². The quantitative estimate of drug-likeness (QED) is 0.656. The molecule has 0 bridgehead atoms. The third-order valence-corrected chi connectivity index (χ3v) is 2.56. The standard InChI is InChI=1S/C11H18N2O4/c1-7(2)9(3-4-14)12-6-8-5-10(11(15)16)13-17-8/h5,7,9,12,14H,3-4,6H2,1-2H3,(H,15,16). The van der Waals surface area contributed by atoms with E-state index in [-0.39, 0.29) is 18.3 Å². The van der Waals surface area contributed by atoms with Crippen LogP contribution >= 0.6 is 0 Å². The third-order valence-electron chi connectivity index (χ3n) is 2.56. The molecule has 0 saturated heterocycles. The van der Waals surface area contributed by atoms with Gasteiger partial charge in [-0.3, -0.25) is 0 Å². The number of hydrogen-bond acceptors (Lipinski definition) is 5. The lowest BCUT2D eigenvalue weighted by Gasteiger charge is -2.20. The molecule has 1 rings (SSSR count). The summed E-state index contributed by atoms with van der Waals surface area (Å²) in [4.78, 5) is 10.6. The lowest BCUT2D eigenvalue weighted by molar-refractivity contribution is 0.0685. The molecule has 0 aliphatic heterocycles. The molecule has 0 aliphatic carbocycles. The summed E-state index contributed by atoms with van der Waals surface area (Å²) < 4.78 is 4.88. The molecule has 0 radical (unpaired) electrons. The van der Waals surface area contributed by atoms with Crippen molar-refractivity contribution in [2.75, 3.05) is 6.61 Å². The largest absolute Gasteiger partial charge is 0.476 e. The normalized spacial score (nSPS) is 12.9. The molecular weight excluding hydrogens is 224 g/mol. The van der Waals surface area contributed by atoms with Crippen LogP contribution in [0.2, 0.25) is 0 Å². The summed E-state index contributed by atoms with van der Waals surface area (Å²) in [5, 5.41) is 24.2. The Kier molecular flexibility index (Phi) is 5.11. The summed E-state index contributed by atoms with van der Waals surface area (Å²) in [6, 6.07) is 1.56. The zero-order valence-electron chi connectivity index (χ0n) is 10.0. The molecule has 6 nitrogen and oxygen atoms in total. The minimum atomic E-state index is -1.10. The monoisotopic (exact) mass is 242 g/mol. The number of carboxylic acids is 1. The molecule has 0 amide bonds. The Labute approximate surface area is 99.6 Å². The second-order valence-corrected chi connectivity index (χ2v) is 4.23. The van der Waals surface area contributed by atoms with E-state index in [2.05, 4.69) is 24.3 Å². The SMILES string of the molecule is CC(C)C(CCO)NCc1cc(C(=O)O)no1. The molecule has 1 heterocycles. The van der Waals surface area contributed by atoms with Gasteiger partial charge in [-0.05, 0) is 12.3 Å². The van der Waals surface area contributed by atoms with Gasteiger partial charge in [-0.1, -0.05) is 19.0 Å². The smallest absolute Gasteiger partial charge is 0.358 e. The van der Waals surface area contributed by atoms with E-state index >= 15 is 0 Å². The highest BCUT2D eigenvalue weighted by Crippen LogP contribution is 2.08. The van der Waals surface area contributed by atoms with Crippen LogP contribution in [-0.2, 0) is 6.54 Å². The second kappa shape index (κ2) is 6.36. The lowest BCUT2D eigenvalue weighted by atomic mass is 10.0. The van der Waals surface area contributed by atoms with Crippen molar-refractivity contribution >= 4 is 5.97 Å². The Morgan fingerprint density at radius 3 is 2.76 bits per heavy atom. The fourth-order valence-corrected chi connectivity index (χ4v) is 1.54. The van der Waals surface area contributed by atoms with Crippen molar-refractivity contribution in [2.24, 2.45) is 5.92 Å². The van der Waals surface area contributed by atoms with Crippen molar-refractivity contribution in [1.29, 1.82) is 0 Å². The van der Waals surface area contributed by atoms with Crippen molar-refractivity contribution in [1.82, 2.24) is 10.5 Å². The molecule has 3 N–H and O–H groups in total. The van der Waals surface area contributed by atoms with Gasteiger partial charge >= 0.3 is 5.97 Å². The van der Waals surface area contributed by atoms with Crippen LogP contribution in [0.5, 0.6) is 0 Å². The van der Waals surface area contributed by atoms with Crippen LogP contribution in [0.15, 0.2) is 10.6 Å². The Morgan fingerprint density at radius 2 is 2.29 bits per heavy atom. The van der Waals surface area contributed by atoms with E-state index in [9.17, 15) is 4.79 Å². The average molecular weight is 242 g/mol. The maximum absolute atomic E-state index is 10.6. The number of carbonyl (C=O) groups is 1. The third kappa shape index (κ3) is 4.16. The van der Waals surface area contributed by atoms with Crippen LogP contribution < -0.4 is 5.32 Å². The molecule has 1 aromatic heterocycles. The fourth-order valence-electron chi connectivity index (χ4n) is 1.54. The van der Waals surface area contributed by atoms with Crippen LogP contribution in [-0.4, -0.2) is 34.0 Å². The number of rotatable bonds is 7. The predicted molar refractivity (Wildman–Crippen MR) is 60.6 cm³/mol. The zero-order chi connectivity index (χ0) is 12.8. The first-order valence-corrected chi connectivity index (χ1v) is 5.57. The van der Waals surface area contributed by atoms with Crippen molar-refractivity contribution in [2.45, 2.75) is 32.9 Å². The van der Waals surface area contributed by atoms with E-state index < -0.39 is 5.97 Å². The van der Waals surface area contributed by atoms with E-state index in [1.54, 1.807) is 0 Å². The molecule has 0 spiro atoms. The molecule has 0 aromatic carbocycles. The first-order chi connectivity index (χ1) is 8.04. The number of aromatic nitrogens is 1. The van der Waals surface area contributed by atoms with E-state index in [0.717, 1.165) is 0 Å². The molecule has 1 atom stereocenters. The molecule has 17 heavy (non-hydrogen) atoms. The van der Waals surface area contributed by atoms with E-state index in [4.69, 9.17) is 14.7 Å². The highest BCUT2D eigenvalue weighted by Gasteiger charge is 2.15. The van der Waals surface area contributed by atoms with Crippen molar-refractivity contribution in [3.63, 3.8) is 0 Å². The predicted octanol–water partition coefficient (Wildman–Crippen LogP) is 0.869. The number of nitrogens with zero attached hydrogens (tertiary/aromatic N) is 1. The first kappa shape index (κ1) is 13.7. The topological polar surface area (TPSA) is 95.6 Å². The van der Waals surface area contributed by atoms with Crippen molar-refractivity contribution in [3.05, 3.63) is 17.5 Å². The van der Waals surface area contributed by atoms with Crippen LogP contribution in [0.3, 0.4) is 0 Å². The number of aliphatic hydroxyl groups excluding tert-OH is 1. The summed E-state index contributed by atoms with van der Waals surface area (Å²) in [5.74, 6) is -0.245. The molecule has 0 fully saturated rings.